The lowest BCUT2D eigenvalue weighted by Crippen LogP contribution is -2.23. The van der Waals surface area contributed by atoms with Crippen molar-refractivity contribution in [3.63, 3.8) is 0 Å². The van der Waals surface area contributed by atoms with E-state index in [1.807, 2.05) is 36.4 Å². The van der Waals surface area contributed by atoms with E-state index in [0.717, 1.165) is 13.1 Å². The predicted octanol–water partition coefficient (Wildman–Crippen LogP) is 3.07. The van der Waals surface area contributed by atoms with E-state index in [2.05, 4.69) is 30.1 Å². The highest BCUT2D eigenvalue weighted by Gasteiger charge is 2.03. The molecule has 0 saturated heterocycles. The van der Waals surface area contributed by atoms with E-state index >= 15 is 0 Å². The molecule has 0 fully saturated rings. The number of benzene rings is 2. The van der Waals surface area contributed by atoms with Gasteiger partial charge in [0.1, 0.15) is 18.4 Å². The van der Waals surface area contributed by atoms with Crippen molar-refractivity contribution in [1.29, 1.82) is 5.26 Å². The number of rotatable bonds is 6. The van der Waals surface area contributed by atoms with Crippen molar-refractivity contribution < 1.29 is 4.74 Å². The van der Waals surface area contributed by atoms with Gasteiger partial charge in [-0.05, 0) is 24.7 Å². The summed E-state index contributed by atoms with van der Waals surface area (Å²) >= 11 is 0. The molecular formula is C17H18N2O. The van der Waals surface area contributed by atoms with Crippen LogP contribution in [0.1, 0.15) is 11.1 Å². The standard InChI is InChI=1S/C17H18N2O/c1-19(14-15-7-3-2-4-8-15)11-12-20-17-10-6-5-9-16(17)13-18/h2-10H,11-12,14H2,1H3. The molecule has 0 heterocycles. The Morgan fingerprint density at radius 3 is 2.50 bits per heavy atom. The quantitative estimate of drug-likeness (QED) is 0.806. The Morgan fingerprint density at radius 1 is 1.05 bits per heavy atom. The average molecular weight is 266 g/mol. The summed E-state index contributed by atoms with van der Waals surface area (Å²) in [5.74, 6) is 0.656. The number of nitriles is 1. The van der Waals surface area contributed by atoms with Crippen LogP contribution in [-0.4, -0.2) is 25.1 Å². The maximum Gasteiger partial charge on any atom is 0.137 e. The van der Waals surface area contributed by atoms with Crippen LogP contribution in [-0.2, 0) is 6.54 Å². The zero-order valence-corrected chi connectivity index (χ0v) is 11.6. The highest BCUT2D eigenvalue weighted by atomic mass is 16.5. The minimum absolute atomic E-state index is 0.571. The third-order valence-electron chi connectivity index (χ3n) is 3.03. The predicted molar refractivity (Wildman–Crippen MR) is 79.4 cm³/mol. The molecule has 0 aliphatic heterocycles. The van der Waals surface area contributed by atoms with Crippen LogP contribution in [0.4, 0.5) is 0 Å². The van der Waals surface area contributed by atoms with E-state index < -0.39 is 0 Å². The van der Waals surface area contributed by atoms with Gasteiger partial charge in [0.05, 0.1) is 5.56 Å². The Bertz CT molecular complexity index is 575. The van der Waals surface area contributed by atoms with Crippen LogP contribution < -0.4 is 4.74 Å². The van der Waals surface area contributed by atoms with Crippen LogP contribution in [0.5, 0.6) is 5.75 Å². The van der Waals surface area contributed by atoms with Gasteiger partial charge in [-0.1, -0.05) is 42.5 Å². The second-order valence-electron chi connectivity index (χ2n) is 4.68. The van der Waals surface area contributed by atoms with Gasteiger partial charge in [0, 0.05) is 13.1 Å². The first-order chi connectivity index (χ1) is 9.79. The SMILES string of the molecule is CN(CCOc1ccccc1C#N)Cc1ccccc1. The van der Waals surface area contributed by atoms with Crippen molar-refractivity contribution in [2.24, 2.45) is 0 Å². The van der Waals surface area contributed by atoms with Crippen molar-refractivity contribution in [2.75, 3.05) is 20.2 Å². The fourth-order valence-corrected chi connectivity index (χ4v) is 1.97. The summed E-state index contributed by atoms with van der Waals surface area (Å²) in [6.45, 7) is 2.28. The smallest absolute Gasteiger partial charge is 0.137 e. The van der Waals surface area contributed by atoms with Crippen molar-refractivity contribution in [3.8, 4) is 11.8 Å². The summed E-state index contributed by atoms with van der Waals surface area (Å²) in [6, 6.07) is 19.8. The molecule has 0 atom stereocenters. The fourth-order valence-electron chi connectivity index (χ4n) is 1.97. The fraction of sp³-hybridized carbons (Fsp3) is 0.235. The monoisotopic (exact) mass is 266 g/mol. The van der Waals surface area contributed by atoms with Gasteiger partial charge in [0.15, 0.2) is 0 Å². The van der Waals surface area contributed by atoms with Crippen molar-refractivity contribution >= 4 is 0 Å². The summed E-state index contributed by atoms with van der Waals surface area (Å²) in [6.07, 6.45) is 0. The molecule has 102 valence electrons. The Kier molecular flexibility index (Phi) is 5.16. The van der Waals surface area contributed by atoms with Gasteiger partial charge < -0.3 is 4.74 Å². The minimum Gasteiger partial charge on any atom is -0.491 e. The summed E-state index contributed by atoms with van der Waals surface area (Å²) < 4.78 is 5.67. The van der Waals surface area contributed by atoms with Gasteiger partial charge in [-0.2, -0.15) is 5.26 Å². The van der Waals surface area contributed by atoms with Gasteiger partial charge >= 0.3 is 0 Å². The van der Waals surface area contributed by atoms with Crippen LogP contribution in [0, 0.1) is 11.3 Å². The van der Waals surface area contributed by atoms with Crippen LogP contribution >= 0.6 is 0 Å². The summed E-state index contributed by atoms with van der Waals surface area (Å²) in [5.41, 5.74) is 1.87. The van der Waals surface area contributed by atoms with Crippen molar-refractivity contribution in [1.82, 2.24) is 4.90 Å². The van der Waals surface area contributed by atoms with Crippen LogP contribution in [0.2, 0.25) is 0 Å². The third kappa shape index (κ3) is 4.11. The van der Waals surface area contributed by atoms with E-state index in [0.29, 0.717) is 17.9 Å². The molecule has 0 spiro atoms. The molecule has 0 amide bonds. The Labute approximate surface area is 120 Å². The third-order valence-corrected chi connectivity index (χ3v) is 3.03. The molecule has 2 rings (SSSR count). The second kappa shape index (κ2) is 7.32. The van der Waals surface area contributed by atoms with E-state index in [-0.39, 0.29) is 0 Å². The average Bonchev–Trinajstić information content (AvgIpc) is 2.49. The topological polar surface area (TPSA) is 36.3 Å². The Morgan fingerprint density at radius 2 is 1.75 bits per heavy atom. The molecule has 0 aliphatic rings. The first kappa shape index (κ1) is 14.1. The molecule has 0 N–H and O–H groups in total. The maximum absolute atomic E-state index is 8.98. The van der Waals surface area contributed by atoms with E-state index in [9.17, 15) is 0 Å². The number of ether oxygens (including phenoxy) is 1. The lowest BCUT2D eigenvalue weighted by atomic mass is 10.2. The highest BCUT2D eigenvalue weighted by molar-refractivity contribution is 5.42. The van der Waals surface area contributed by atoms with Gasteiger partial charge in [0.25, 0.3) is 0 Å². The molecule has 3 nitrogen and oxygen atoms in total. The zero-order chi connectivity index (χ0) is 14.2. The Hall–Kier alpha value is -2.31. The number of hydrogen-bond donors (Lipinski definition) is 0. The first-order valence-corrected chi connectivity index (χ1v) is 6.64. The first-order valence-electron chi connectivity index (χ1n) is 6.64. The molecule has 2 aromatic rings. The normalized spacial score (nSPS) is 10.2. The molecular weight excluding hydrogens is 248 g/mol. The van der Waals surface area contributed by atoms with E-state index in [4.69, 9.17) is 10.00 Å². The molecule has 0 unspecified atom stereocenters. The number of likely N-dealkylation sites (N-methyl/N-ethyl adjacent to an activating group) is 1. The summed E-state index contributed by atoms with van der Waals surface area (Å²) in [7, 11) is 2.06. The van der Waals surface area contributed by atoms with Gasteiger partial charge in [0.2, 0.25) is 0 Å². The molecule has 0 bridgehead atoms. The van der Waals surface area contributed by atoms with Gasteiger partial charge in [-0.15, -0.1) is 0 Å². The highest BCUT2D eigenvalue weighted by Crippen LogP contribution is 2.16. The number of nitrogens with zero attached hydrogens (tertiary/aromatic N) is 2. The molecule has 0 radical (unpaired) electrons. The maximum atomic E-state index is 8.98. The molecule has 2 aromatic carbocycles. The van der Waals surface area contributed by atoms with E-state index in [1.165, 1.54) is 5.56 Å². The molecule has 0 aromatic heterocycles. The number of para-hydroxylation sites is 1. The summed E-state index contributed by atoms with van der Waals surface area (Å²) in [4.78, 5) is 2.20. The van der Waals surface area contributed by atoms with E-state index in [1.54, 1.807) is 6.07 Å². The van der Waals surface area contributed by atoms with Crippen LogP contribution in [0.15, 0.2) is 54.6 Å². The zero-order valence-electron chi connectivity index (χ0n) is 11.6. The summed E-state index contributed by atoms with van der Waals surface area (Å²) in [5, 5.41) is 8.98. The van der Waals surface area contributed by atoms with Crippen molar-refractivity contribution in [2.45, 2.75) is 6.54 Å². The Balaban J connectivity index is 1.80. The largest absolute Gasteiger partial charge is 0.491 e. The van der Waals surface area contributed by atoms with Crippen molar-refractivity contribution in [3.05, 3.63) is 65.7 Å². The molecule has 0 saturated carbocycles. The van der Waals surface area contributed by atoms with Crippen LogP contribution in [0.3, 0.4) is 0 Å². The van der Waals surface area contributed by atoms with Crippen LogP contribution in [0.25, 0.3) is 0 Å². The molecule has 20 heavy (non-hydrogen) atoms. The minimum atomic E-state index is 0.571. The lowest BCUT2D eigenvalue weighted by Gasteiger charge is -2.17. The van der Waals surface area contributed by atoms with Gasteiger partial charge in [-0.25, -0.2) is 0 Å². The second-order valence-corrected chi connectivity index (χ2v) is 4.68. The van der Waals surface area contributed by atoms with Gasteiger partial charge in [-0.3, -0.25) is 4.90 Å². The molecule has 0 aliphatic carbocycles. The lowest BCUT2D eigenvalue weighted by molar-refractivity contribution is 0.232. The molecule has 3 heteroatoms. The number of hydrogen-bond acceptors (Lipinski definition) is 3.